The Morgan fingerprint density at radius 2 is 2.00 bits per heavy atom. The van der Waals surface area contributed by atoms with Gasteiger partial charge in [0.25, 0.3) is 0 Å². The lowest BCUT2D eigenvalue weighted by atomic mass is 9.98. The Balaban J connectivity index is 2.69. The highest BCUT2D eigenvalue weighted by Gasteiger charge is 2.12. The van der Waals surface area contributed by atoms with E-state index in [0.717, 1.165) is 5.69 Å². The maximum atomic E-state index is 10.8. The van der Waals surface area contributed by atoms with Gasteiger partial charge in [0.2, 0.25) is 0 Å². The lowest BCUT2D eigenvalue weighted by Crippen LogP contribution is -2.15. The highest BCUT2D eigenvalue weighted by molar-refractivity contribution is 5.69. The molecule has 2 N–H and O–H groups in total. The molecular formula is C15H23NO2. The summed E-state index contributed by atoms with van der Waals surface area (Å²) >= 11 is 0. The van der Waals surface area contributed by atoms with Crippen LogP contribution in [0.25, 0.3) is 0 Å². The van der Waals surface area contributed by atoms with Crippen molar-refractivity contribution in [3.8, 4) is 0 Å². The molecule has 0 radical (unpaired) electrons. The zero-order valence-corrected chi connectivity index (χ0v) is 11.7. The highest BCUT2D eigenvalue weighted by Crippen LogP contribution is 2.27. The molecule has 3 heteroatoms. The standard InChI is InChI=1S/C15H23NO2/c1-10(2)13-7-5-6-11(3)14(13)16-9-8-12(4)15(17)18/h5-7,10,12,16H,8-9H2,1-4H3,(H,17,18). The van der Waals surface area contributed by atoms with Gasteiger partial charge >= 0.3 is 5.97 Å². The Labute approximate surface area is 109 Å². The van der Waals surface area contributed by atoms with Crippen LogP contribution >= 0.6 is 0 Å². The Morgan fingerprint density at radius 1 is 1.33 bits per heavy atom. The van der Waals surface area contributed by atoms with Crippen LogP contribution in [0.2, 0.25) is 0 Å². The van der Waals surface area contributed by atoms with Crippen LogP contribution in [-0.2, 0) is 4.79 Å². The average Bonchev–Trinajstić information content (AvgIpc) is 2.30. The molecule has 0 fully saturated rings. The lowest BCUT2D eigenvalue weighted by molar-refractivity contribution is -0.141. The summed E-state index contributed by atoms with van der Waals surface area (Å²) in [6.45, 7) is 8.84. The van der Waals surface area contributed by atoms with Gasteiger partial charge in [-0.05, 0) is 30.4 Å². The molecule has 0 amide bonds. The Bertz CT molecular complexity index is 413. The molecule has 0 bridgehead atoms. The third kappa shape index (κ3) is 3.76. The fraction of sp³-hybridized carbons (Fsp3) is 0.533. The van der Waals surface area contributed by atoms with Crippen molar-refractivity contribution in [2.75, 3.05) is 11.9 Å². The molecule has 0 heterocycles. The number of rotatable bonds is 6. The van der Waals surface area contributed by atoms with E-state index >= 15 is 0 Å². The van der Waals surface area contributed by atoms with Crippen molar-refractivity contribution in [2.24, 2.45) is 5.92 Å². The Hall–Kier alpha value is -1.51. The minimum absolute atomic E-state index is 0.302. The van der Waals surface area contributed by atoms with Crippen LogP contribution in [-0.4, -0.2) is 17.6 Å². The normalized spacial score (nSPS) is 12.5. The smallest absolute Gasteiger partial charge is 0.306 e. The number of benzene rings is 1. The van der Waals surface area contributed by atoms with Crippen LogP contribution in [0.4, 0.5) is 5.69 Å². The zero-order valence-electron chi connectivity index (χ0n) is 11.7. The van der Waals surface area contributed by atoms with E-state index in [2.05, 4.69) is 44.3 Å². The van der Waals surface area contributed by atoms with Crippen molar-refractivity contribution >= 4 is 11.7 Å². The van der Waals surface area contributed by atoms with Gasteiger partial charge in [-0.1, -0.05) is 39.0 Å². The first-order chi connectivity index (χ1) is 8.43. The van der Waals surface area contributed by atoms with Gasteiger partial charge in [0, 0.05) is 12.2 Å². The zero-order chi connectivity index (χ0) is 13.7. The van der Waals surface area contributed by atoms with E-state index in [1.54, 1.807) is 6.92 Å². The maximum absolute atomic E-state index is 10.8. The van der Waals surface area contributed by atoms with Gasteiger partial charge in [-0.2, -0.15) is 0 Å². The predicted molar refractivity (Wildman–Crippen MR) is 75.2 cm³/mol. The summed E-state index contributed by atoms with van der Waals surface area (Å²) in [6, 6.07) is 6.27. The van der Waals surface area contributed by atoms with Gasteiger partial charge in [-0.15, -0.1) is 0 Å². The molecular weight excluding hydrogens is 226 g/mol. The number of anilines is 1. The number of carbonyl (C=O) groups is 1. The SMILES string of the molecule is Cc1cccc(C(C)C)c1NCCC(C)C(=O)O. The molecule has 1 unspecified atom stereocenters. The first kappa shape index (κ1) is 14.6. The molecule has 0 aromatic heterocycles. The fourth-order valence-corrected chi connectivity index (χ4v) is 1.95. The van der Waals surface area contributed by atoms with Crippen molar-refractivity contribution in [1.82, 2.24) is 0 Å². The number of carboxylic acid groups (broad SMARTS) is 1. The van der Waals surface area contributed by atoms with Gasteiger partial charge in [0.1, 0.15) is 0 Å². The molecule has 100 valence electrons. The number of aliphatic carboxylic acids is 1. The largest absolute Gasteiger partial charge is 0.481 e. The van der Waals surface area contributed by atoms with Crippen LogP contribution in [0.5, 0.6) is 0 Å². The quantitative estimate of drug-likeness (QED) is 0.809. The van der Waals surface area contributed by atoms with Gasteiger partial charge in [-0.25, -0.2) is 0 Å². The van der Waals surface area contributed by atoms with E-state index in [1.807, 2.05) is 0 Å². The van der Waals surface area contributed by atoms with Gasteiger partial charge in [0.05, 0.1) is 5.92 Å². The van der Waals surface area contributed by atoms with E-state index in [0.29, 0.717) is 18.9 Å². The second-order valence-electron chi connectivity index (χ2n) is 5.15. The predicted octanol–water partition coefficient (Wildman–Crippen LogP) is 3.64. The van der Waals surface area contributed by atoms with Crippen molar-refractivity contribution in [2.45, 2.75) is 40.0 Å². The van der Waals surface area contributed by atoms with Crippen LogP contribution < -0.4 is 5.32 Å². The summed E-state index contributed by atoms with van der Waals surface area (Å²) in [5.41, 5.74) is 3.66. The summed E-state index contributed by atoms with van der Waals surface area (Å²) in [7, 11) is 0. The molecule has 1 rings (SSSR count). The number of hydrogen-bond acceptors (Lipinski definition) is 2. The molecule has 0 aliphatic heterocycles. The van der Waals surface area contributed by atoms with E-state index in [9.17, 15) is 4.79 Å². The minimum atomic E-state index is -0.731. The molecule has 18 heavy (non-hydrogen) atoms. The maximum Gasteiger partial charge on any atom is 0.306 e. The van der Waals surface area contributed by atoms with Gasteiger partial charge < -0.3 is 10.4 Å². The van der Waals surface area contributed by atoms with E-state index in [4.69, 9.17) is 5.11 Å². The minimum Gasteiger partial charge on any atom is -0.481 e. The molecule has 1 aromatic carbocycles. The Kier molecular flexibility index (Phi) is 5.20. The van der Waals surface area contributed by atoms with Crippen molar-refractivity contribution < 1.29 is 9.90 Å². The van der Waals surface area contributed by atoms with Crippen molar-refractivity contribution in [3.63, 3.8) is 0 Å². The van der Waals surface area contributed by atoms with E-state index in [-0.39, 0.29) is 5.92 Å². The van der Waals surface area contributed by atoms with Crippen LogP contribution in [0.1, 0.15) is 44.2 Å². The Morgan fingerprint density at radius 3 is 2.56 bits per heavy atom. The lowest BCUT2D eigenvalue weighted by Gasteiger charge is -2.17. The molecule has 0 aliphatic carbocycles. The second-order valence-corrected chi connectivity index (χ2v) is 5.15. The number of carboxylic acids is 1. The molecule has 0 spiro atoms. The summed E-state index contributed by atoms with van der Waals surface area (Å²) < 4.78 is 0. The molecule has 0 saturated carbocycles. The van der Waals surface area contributed by atoms with Crippen LogP contribution in [0.15, 0.2) is 18.2 Å². The van der Waals surface area contributed by atoms with E-state index < -0.39 is 5.97 Å². The molecule has 3 nitrogen and oxygen atoms in total. The molecule has 1 atom stereocenters. The van der Waals surface area contributed by atoms with Crippen LogP contribution in [0.3, 0.4) is 0 Å². The summed E-state index contributed by atoms with van der Waals surface area (Å²) in [5, 5.41) is 12.2. The molecule has 1 aromatic rings. The summed E-state index contributed by atoms with van der Waals surface area (Å²) in [5.74, 6) is -0.570. The summed E-state index contributed by atoms with van der Waals surface area (Å²) in [4.78, 5) is 10.8. The van der Waals surface area contributed by atoms with Gasteiger partial charge in [0.15, 0.2) is 0 Å². The van der Waals surface area contributed by atoms with Crippen molar-refractivity contribution in [3.05, 3.63) is 29.3 Å². The number of hydrogen-bond donors (Lipinski definition) is 2. The third-order valence-corrected chi connectivity index (χ3v) is 3.23. The third-order valence-electron chi connectivity index (χ3n) is 3.23. The molecule has 0 aliphatic rings. The number of aryl methyl sites for hydroxylation is 1. The monoisotopic (exact) mass is 249 g/mol. The van der Waals surface area contributed by atoms with E-state index in [1.165, 1.54) is 11.1 Å². The first-order valence-corrected chi connectivity index (χ1v) is 6.49. The number of para-hydroxylation sites is 1. The highest BCUT2D eigenvalue weighted by atomic mass is 16.4. The van der Waals surface area contributed by atoms with Crippen molar-refractivity contribution in [1.29, 1.82) is 0 Å². The van der Waals surface area contributed by atoms with Crippen LogP contribution in [0, 0.1) is 12.8 Å². The topological polar surface area (TPSA) is 49.3 Å². The fourth-order valence-electron chi connectivity index (χ4n) is 1.95. The second kappa shape index (κ2) is 6.43. The average molecular weight is 249 g/mol. The summed E-state index contributed by atoms with van der Waals surface area (Å²) in [6.07, 6.45) is 0.640. The van der Waals surface area contributed by atoms with Gasteiger partial charge in [-0.3, -0.25) is 4.79 Å². The number of nitrogens with one attached hydrogen (secondary N) is 1. The molecule has 0 saturated heterocycles. The first-order valence-electron chi connectivity index (χ1n) is 6.49.